The third-order valence-electron chi connectivity index (χ3n) is 5.96. The molecule has 0 radical (unpaired) electrons. The Hall–Kier alpha value is -3.93. The monoisotopic (exact) mass is 580 g/mol. The van der Waals surface area contributed by atoms with Crippen LogP contribution in [0, 0.1) is 0 Å². The zero-order valence-corrected chi connectivity index (χ0v) is 22.8. The van der Waals surface area contributed by atoms with Crippen molar-refractivity contribution >= 4 is 35.2 Å². The van der Waals surface area contributed by atoms with Gasteiger partial charge < -0.3 is 30.3 Å². The minimum absolute atomic E-state index is 0.00679. The standard InChI is InChI=1S/C27H31ClF2N4O6/c1-3-5-22(35)40-23(18-12-19(28)14-20(13-18)39-27(29)30)26(37)34-11-10-21(34)25(36)32-15-16-6-8-17(9-7-16)24(31)33-38-4-2/h6-9,12-14,21,23,27H,3-5,10-11,15H2,1-2H3,(H2,31,33)(H,32,36)/t21-,23+/m0/s1. The van der Waals surface area contributed by atoms with Crippen molar-refractivity contribution in [2.45, 2.75) is 58.4 Å². The zero-order valence-electron chi connectivity index (χ0n) is 22.1. The maximum atomic E-state index is 13.5. The molecule has 1 saturated heterocycles. The second-order valence-electron chi connectivity index (χ2n) is 8.86. The van der Waals surface area contributed by atoms with E-state index in [-0.39, 0.29) is 41.7 Å². The Morgan fingerprint density at radius 3 is 2.50 bits per heavy atom. The van der Waals surface area contributed by atoms with Gasteiger partial charge in [-0.15, -0.1) is 0 Å². The Bertz CT molecular complexity index is 1230. The number of benzene rings is 2. The molecular formula is C27H31ClF2N4O6. The molecule has 1 aliphatic rings. The lowest BCUT2D eigenvalue weighted by atomic mass is 9.98. The van der Waals surface area contributed by atoms with E-state index in [2.05, 4.69) is 15.2 Å². The van der Waals surface area contributed by atoms with Crippen LogP contribution in [0.1, 0.15) is 55.9 Å². The Morgan fingerprint density at radius 2 is 1.90 bits per heavy atom. The minimum atomic E-state index is -3.12. The summed E-state index contributed by atoms with van der Waals surface area (Å²) in [7, 11) is 0. The molecule has 2 aromatic carbocycles. The summed E-state index contributed by atoms with van der Waals surface area (Å²) in [6, 6.07) is 9.86. The van der Waals surface area contributed by atoms with E-state index in [4.69, 9.17) is 26.9 Å². The van der Waals surface area contributed by atoms with E-state index >= 15 is 0 Å². The molecule has 1 heterocycles. The summed E-state index contributed by atoms with van der Waals surface area (Å²) in [5.74, 6) is -1.80. The van der Waals surface area contributed by atoms with E-state index in [1.165, 1.54) is 11.0 Å². The van der Waals surface area contributed by atoms with Gasteiger partial charge in [0.2, 0.25) is 12.0 Å². The Balaban J connectivity index is 1.70. The smallest absolute Gasteiger partial charge is 0.387 e. The van der Waals surface area contributed by atoms with Gasteiger partial charge in [-0.3, -0.25) is 14.4 Å². The molecule has 216 valence electrons. The fraction of sp³-hybridized carbons (Fsp3) is 0.407. The van der Waals surface area contributed by atoms with Crippen molar-refractivity contribution in [3.63, 3.8) is 0 Å². The van der Waals surface area contributed by atoms with Gasteiger partial charge in [0.1, 0.15) is 18.4 Å². The normalized spacial score (nSPS) is 15.7. The van der Waals surface area contributed by atoms with Gasteiger partial charge in [-0.2, -0.15) is 8.78 Å². The lowest BCUT2D eigenvalue weighted by Crippen LogP contribution is -2.59. The number of hydrogen-bond acceptors (Lipinski definition) is 7. The third-order valence-corrected chi connectivity index (χ3v) is 6.18. The SMILES string of the molecule is CCCC(=O)O[C@@H](C(=O)N1CC[C@H]1C(=O)NCc1ccc(/C(N)=N/OCC)cc1)c1cc(Cl)cc(OC(F)F)c1. The molecule has 0 spiro atoms. The predicted molar refractivity (Wildman–Crippen MR) is 143 cm³/mol. The first kappa shape index (κ1) is 30.6. The van der Waals surface area contributed by atoms with Crippen LogP contribution >= 0.6 is 11.6 Å². The van der Waals surface area contributed by atoms with Crippen molar-refractivity contribution in [1.82, 2.24) is 10.2 Å². The number of halogens is 3. The second-order valence-corrected chi connectivity index (χ2v) is 9.30. The van der Waals surface area contributed by atoms with E-state index in [1.54, 1.807) is 38.1 Å². The first-order valence-corrected chi connectivity index (χ1v) is 13.1. The highest BCUT2D eigenvalue weighted by Gasteiger charge is 2.42. The molecule has 0 unspecified atom stereocenters. The average molecular weight is 581 g/mol. The summed E-state index contributed by atoms with van der Waals surface area (Å²) in [6.07, 6.45) is -0.594. The maximum absolute atomic E-state index is 13.5. The summed E-state index contributed by atoms with van der Waals surface area (Å²) in [5, 5.41) is 6.58. The number of amides is 2. The number of oxime groups is 1. The molecule has 0 aromatic heterocycles. The fourth-order valence-electron chi connectivity index (χ4n) is 3.92. The van der Waals surface area contributed by atoms with Crippen LogP contribution in [0.25, 0.3) is 0 Å². The van der Waals surface area contributed by atoms with Crippen LogP contribution in [0.4, 0.5) is 8.78 Å². The number of rotatable bonds is 13. The third kappa shape index (κ3) is 8.28. The number of alkyl halides is 2. The Kier molecular flexibility index (Phi) is 11.1. The maximum Gasteiger partial charge on any atom is 0.387 e. The number of likely N-dealkylation sites (tertiary alicyclic amines) is 1. The van der Waals surface area contributed by atoms with Crippen LogP contribution in [0.2, 0.25) is 5.02 Å². The quantitative estimate of drug-likeness (QED) is 0.159. The number of esters is 1. The van der Waals surface area contributed by atoms with E-state index in [1.807, 2.05) is 0 Å². The number of amidine groups is 1. The van der Waals surface area contributed by atoms with Crippen LogP contribution in [0.3, 0.4) is 0 Å². The predicted octanol–water partition coefficient (Wildman–Crippen LogP) is 3.90. The topological polar surface area (TPSA) is 133 Å². The van der Waals surface area contributed by atoms with Crippen LogP contribution < -0.4 is 15.8 Å². The largest absolute Gasteiger partial charge is 0.447 e. The van der Waals surface area contributed by atoms with Gasteiger partial charge in [-0.1, -0.05) is 47.9 Å². The highest BCUT2D eigenvalue weighted by atomic mass is 35.5. The molecule has 40 heavy (non-hydrogen) atoms. The summed E-state index contributed by atoms with van der Waals surface area (Å²) < 4.78 is 35.4. The summed E-state index contributed by atoms with van der Waals surface area (Å²) in [5.41, 5.74) is 7.35. The number of ether oxygens (including phenoxy) is 2. The summed E-state index contributed by atoms with van der Waals surface area (Å²) >= 11 is 6.06. The van der Waals surface area contributed by atoms with Gasteiger partial charge in [0.25, 0.3) is 5.91 Å². The molecule has 2 amide bonds. The van der Waals surface area contributed by atoms with Gasteiger partial charge in [-0.25, -0.2) is 0 Å². The number of carbonyl (C=O) groups is 3. The van der Waals surface area contributed by atoms with Crippen molar-refractivity contribution in [2.24, 2.45) is 10.9 Å². The van der Waals surface area contributed by atoms with Crippen LogP contribution in [-0.2, 0) is 30.5 Å². The van der Waals surface area contributed by atoms with Gasteiger partial charge in [-0.05, 0) is 43.5 Å². The summed E-state index contributed by atoms with van der Waals surface area (Å²) in [4.78, 5) is 44.9. The molecule has 0 bridgehead atoms. The van der Waals surface area contributed by atoms with Crippen LogP contribution in [0.5, 0.6) is 5.75 Å². The van der Waals surface area contributed by atoms with Crippen molar-refractivity contribution in [1.29, 1.82) is 0 Å². The average Bonchev–Trinajstić information content (AvgIpc) is 2.88. The number of nitrogens with two attached hydrogens (primary N) is 1. The van der Waals surface area contributed by atoms with Crippen molar-refractivity contribution in [3.8, 4) is 5.75 Å². The minimum Gasteiger partial charge on any atom is -0.447 e. The molecule has 2 aromatic rings. The van der Waals surface area contributed by atoms with E-state index in [0.717, 1.165) is 17.7 Å². The van der Waals surface area contributed by atoms with Gasteiger partial charge in [0, 0.05) is 35.7 Å². The van der Waals surface area contributed by atoms with E-state index in [9.17, 15) is 23.2 Å². The second kappa shape index (κ2) is 14.5. The van der Waals surface area contributed by atoms with Crippen molar-refractivity contribution in [3.05, 3.63) is 64.2 Å². The van der Waals surface area contributed by atoms with Gasteiger partial charge in [0.05, 0.1) is 0 Å². The molecule has 0 aliphatic carbocycles. The lowest BCUT2D eigenvalue weighted by molar-refractivity contribution is -0.166. The van der Waals surface area contributed by atoms with Gasteiger partial charge in [0.15, 0.2) is 5.84 Å². The molecule has 3 rings (SSSR count). The molecule has 2 atom stereocenters. The molecule has 0 saturated carbocycles. The van der Waals surface area contributed by atoms with Gasteiger partial charge >= 0.3 is 12.6 Å². The highest BCUT2D eigenvalue weighted by Crippen LogP contribution is 2.32. The molecule has 13 heteroatoms. The fourth-order valence-corrected chi connectivity index (χ4v) is 4.16. The molecule has 10 nitrogen and oxygen atoms in total. The van der Waals surface area contributed by atoms with E-state index < -0.39 is 36.5 Å². The number of nitrogens with one attached hydrogen (secondary N) is 1. The Morgan fingerprint density at radius 1 is 1.18 bits per heavy atom. The van der Waals surface area contributed by atoms with E-state index in [0.29, 0.717) is 25.0 Å². The van der Waals surface area contributed by atoms with Crippen LogP contribution in [-0.4, -0.2) is 54.3 Å². The molecule has 1 aliphatic heterocycles. The molecular weight excluding hydrogens is 550 g/mol. The number of hydrogen-bond donors (Lipinski definition) is 2. The number of nitrogens with zero attached hydrogens (tertiary/aromatic N) is 2. The first-order chi connectivity index (χ1) is 19.1. The van der Waals surface area contributed by atoms with Crippen molar-refractivity contribution < 1.29 is 37.5 Å². The molecule has 1 fully saturated rings. The highest BCUT2D eigenvalue weighted by molar-refractivity contribution is 6.30. The lowest BCUT2D eigenvalue weighted by Gasteiger charge is -2.41. The zero-order chi connectivity index (χ0) is 29.2. The first-order valence-electron chi connectivity index (χ1n) is 12.7. The summed E-state index contributed by atoms with van der Waals surface area (Å²) in [6.45, 7) is 1.25. The van der Waals surface area contributed by atoms with Crippen LogP contribution in [0.15, 0.2) is 47.6 Å². The molecule has 3 N–H and O–H groups in total. The Labute approximate surface area is 235 Å². The number of carbonyl (C=O) groups excluding carboxylic acids is 3. The van der Waals surface area contributed by atoms with Crippen molar-refractivity contribution in [2.75, 3.05) is 13.2 Å².